The van der Waals surface area contributed by atoms with Crippen LogP contribution in [0, 0.1) is 0 Å². The molecule has 1 saturated heterocycles. The predicted molar refractivity (Wildman–Crippen MR) is 96.0 cm³/mol. The Kier molecular flexibility index (Phi) is 6.07. The Hall–Kier alpha value is -1.53. The minimum absolute atomic E-state index is 0.0293. The molecule has 5 nitrogen and oxygen atoms in total. The summed E-state index contributed by atoms with van der Waals surface area (Å²) in [5.74, 6) is 1.89. The van der Waals surface area contributed by atoms with Crippen LogP contribution in [0.2, 0.25) is 0 Å². The Bertz CT molecular complexity index is 563. The molecule has 3 N–H and O–H groups in total. The zero-order valence-electron chi connectivity index (χ0n) is 13.9. The molecule has 0 bridgehead atoms. The summed E-state index contributed by atoms with van der Waals surface area (Å²) >= 11 is 1.87. The first-order valence-corrected chi connectivity index (χ1v) is 9.02. The highest BCUT2D eigenvalue weighted by Gasteiger charge is 2.18. The van der Waals surface area contributed by atoms with Crippen LogP contribution >= 0.6 is 11.8 Å². The number of benzene rings is 1. The van der Waals surface area contributed by atoms with Crippen molar-refractivity contribution in [1.29, 1.82) is 0 Å². The van der Waals surface area contributed by atoms with Gasteiger partial charge in [-0.05, 0) is 39.0 Å². The molecule has 1 heterocycles. The lowest BCUT2D eigenvalue weighted by Crippen LogP contribution is -2.40. The number of thioether (sulfide) groups is 1. The third-order valence-corrected chi connectivity index (χ3v) is 4.46. The summed E-state index contributed by atoms with van der Waals surface area (Å²) in [6, 6.07) is 7.26. The van der Waals surface area contributed by atoms with Crippen LogP contribution in [0.15, 0.2) is 24.3 Å². The van der Waals surface area contributed by atoms with Crippen molar-refractivity contribution >= 4 is 29.3 Å². The molecule has 1 aliphatic rings. The lowest BCUT2D eigenvalue weighted by molar-refractivity contribution is -0.116. The summed E-state index contributed by atoms with van der Waals surface area (Å²) in [5, 5.41) is 9.14. The first-order valence-electron chi connectivity index (χ1n) is 7.87. The number of carbonyl (C=O) groups is 2. The van der Waals surface area contributed by atoms with Crippen LogP contribution in [0.4, 0.5) is 5.69 Å². The van der Waals surface area contributed by atoms with Crippen LogP contribution in [0.3, 0.4) is 0 Å². The quantitative estimate of drug-likeness (QED) is 0.789. The number of hydrogen-bond acceptors (Lipinski definition) is 4. The average Bonchev–Trinajstić information content (AvgIpc) is 2.46. The summed E-state index contributed by atoms with van der Waals surface area (Å²) in [7, 11) is 0. The number of hydrogen-bond donors (Lipinski definition) is 3. The molecule has 0 aromatic heterocycles. The molecule has 0 aliphatic carbocycles. The Morgan fingerprint density at radius 3 is 2.78 bits per heavy atom. The van der Waals surface area contributed by atoms with E-state index in [2.05, 4.69) is 16.0 Å². The van der Waals surface area contributed by atoms with Crippen molar-refractivity contribution in [3.8, 4) is 0 Å². The summed E-state index contributed by atoms with van der Waals surface area (Å²) in [6.45, 7) is 6.76. The Labute approximate surface area is 142 Å². The molecule has 2 amide bonds. The molecule has 0 saturated carbocycles. The maximum absolute atomic E-state index is 12.2. The van der Waals surface area contributed by atoms with Crippen LogP contribution in [-0.4, -0.2) is 41.4 Å². The summed E-state index contributed by atoms with van der Waals surface area (Å²) in [6.07, 6.45) is 0.450. The van der Waals surface area contributed by atoms with Crippen molar-refractivity contribution < 1.29 is 9.59 Å². The van der Waals surface area contributed by atoms with Crippen molar-refractivity contribution in [1.82, 2.24) is 10.6 Å². The second-order valence-electron chi connectivity index (χ2n) is 6.76. The van der Waals surface area contributed by atoms with Gasteiger partial charge in [0.15, 0.2) is 0 Å². The smallest absolute Gasteiger partial charge is 0.251 e. The molecule has 0 spiro atoms. The highest BCUT2D eigenvalue weighted by molar-refractivity contribution is 7.99. The van der Waals surface area contributed by atoms with Crippen molar-refractivity contribution in [2.75, 3.05) is 23.4 Å². The van der Waals surface area contributed by atoms with Gasteiger partial charge in [-0.1, -0.05) is 6.07 Å². The minimum atomic E-state index is -0.291. The van der Waals surface area contributed by atoms with Crippen LogP contribution in [0.1, 0.15) is 37.6 Å². The molecule has 1 atom stereocenters. The normalized spacial score (nSPS) is 18.3. The van der Waals surface area contributed by atoms with Gasteiger partial charge in [0.25, 0.3) is 5.91 Å². The van der Waals surface area contributed by atoms with Gasteiger partial charge in [0.1, 0.15) is 0 Å². The SMILES string of the molecule is CC(C)(C)NC(=O)c1cccc(NC(=O)CC2CSCCN2)c1. The molecular formula is C17H25N3O2S. The second-order valence-corrected chi connectivity index (χ2v) is 7.91. The van der Waals surface area contributed by atoms with Gasteiger partial charge < -0.3 is 16.0 Å². The Morgan fingerprint density at radius 2 is 2.13 bits per heavy atom. The molecular weight excluding hydrogens is 310 g/mol. The maximum Gasteiger partial charge on any atom is 0.251 e. The number of carbonyl (C=O) groups excluding carboxylic acids is 2. The molecule has 1 fully saturated rings. The second kappa shape index (κ2) is 7.84. The maximum atomic E-state index is 12.2. The number of anilines is 1. The van der Waals surface area contributed by atoms with E-state index in [0.29, 0.717) is 17.7 Å². The van der Waals surface area contributed by atoms with Gasteiger partial charge >= 0.3 is 0 Å². The fraction of sp³-hybridized carbons (Fsp3) is 0.529. The van der Waals surface area contributed by atoms with Crippen LogP contribution in [0.25, 0.3) is 0 Å². The number of rotatable bonds is 4. The van der Waals surface area contributed by atoms with Crippen molar-refractivity contribution in [3.05, 3.63) is 29.8 Å². The number of nitrogens with one attached hydrogen (secondary N) is 3. The van der Waals surface area contributed by atoms with E-state index in [1.165, 1.54) is 0 Å². The van der Waals surface area contributed by atoms with Crippen molar-refractivity contribution in [2.24, 2.45) is 0 Å². The van der Waals surface area contributed by atoms with E-state index in [1.807, 2.05) is 32.5 Å². The Balaban J connectivity index is 1.93. The van der Waals surface area contributed by atoms with Crippen LogP contribution in [0.5, 0.6) is 0 Å². The highest BCUT2D eigenvalue weighted by atomic mass is 32.2. The molecule has 0 radical (unpaired) electrons. The van der Waals surface area contributed by atoms with E-state index in [9.17, 15) is 9.59 Å². The van der Waals surface area contributed by atoms with Crippen LogP contribution < -0.4 is 16.0 Å². The van der Waals surface area contributed by atoms with Crippen LogP contribution in [-0.2, 0) is 4.79 Å². The molecule has 1 unspecified atom stereocenters. The van der Waals surface area contributed by atoms with Gasteiger partial charge in [-0.3, -0.25) is 9.59 Å². The van der Waals surface area contributed by atoms with E-state index in [0.717, 1.165) is 18.1 Å². The monoisotopic (exact) mass is 335 g/mol. The zero-order valence-corrected chi connectivity index (χ0v) is 14.8. The first kappa shape index (κ1) is 17.8. The topological polar surface area (TPSA) is 70.2 Å². The molecule has 1 aromatic carbocycles. The average molecular weight is 335 g/mol. The zero-order chi connectivity index (χ0) is 16.9. The van der Waals surface area contributed by atoms with E-state index < -0.39 is 0 Å². The van der Waals surface area contributed by atoms with E-state index >= 15 is 0 Å². The van der Waals surface area contributed by atoms with Crippen molar-refractivity contribution in [2.45, 2.75) is 38.8 Å². The lowest BCUT2D eigenvalue weighted by atomic mass is 10.1. The molecule has 6 heteroatoms. The van der Waals surface area contributed by atoms with Gasteiger partial charge in [-0.2, -0.15) is 11.8 Å². The Morgan fingerprint density at radius 1 is 1.35 bits per heavy atom. The molecule has 23 heavy (non-hydrogen) atoms. The number of amides is 2. The van der Waals surface area contributed by atoms with Gasteiger partial charge in [0.2, 0.25) is 5.91 Å². The molecule has 1 aliphatic heterocycles. The molecule has 1 aromatic rings. The van der Waals surface area contributed by atoms with Gasteiger partial charge in [0.05, 0.1) is 0 Å². The van der Waals surface area contributed by atoms with E-state index in [1.54, 1.807) is 24.3 Å². The van der Waals surface area contributed by atoms with E-state index in [4.69, 9.17) is 0 Å². The summed E-state index contributed by atoms with van der Waals surface area (Å²) in [4.78, 5) is 24.3. The van der Waals surface area contributed by atoms with Gasteiger partial charge in [-0.25, -0.2) is 0 Å². The molecule has 2 rings (SSSR count). The van der Waals surface area contributed by atoms with Crippen molar-refractivity contribution in [3.63, 3.8) is 0 Å². The fourth-order valence-electron chi connectivity index (χ4n) is 2.34. The largest absolute Gasteiger partial charge is 0.347 e. The standard InChI is InChI=1S/C17H25N3O2S/c1-17(2,3)20-16(22)12-5-4-6-13(9-12)19-15(21)10-14-11-23-8-7-18-14/h4-6,9,14,18H,7-8,10-11H2,1-3H3,(H,19,21)(H,20,22). The summed E-state index contributed by atoms with van der Waals surface area (Å²) in [5.41, 5.74) is 0.907. The first-order chi connectivity index (χ1) is 10.8. The highest BCUT2D eigenvalue weighted by Crippen LogP contribution is 2.14. The minimum Gasteiger partial charge on any atom is -0.347 e. The van der Waals surface area contributed by atoms with E-state index in [-0.39, 0.29) is 23.4 Å². The molecule has 126 valence electrons. The lowest BCUT2D eigenvalue weighted by Gasteiger charge is -2.22. The van der Waals surface area contributed by atoms with Gasteiger partial charge in [-0.15, -0.1) is 0 Å². The van der Waals surface area contributed by atoms with Gasteiger partial charge in [0, 0.05) is 47.3 Å². The third kappa shape index (κ3) is 6.23. The summed E-state index contributed by atoms with van der Waals surface area (Å²) < 4.78 is 0. The predicted octanol–water partition coefficient (Wildman–Crippen LogP) is 2.25. The third-order valence-electron chi connectivity index (χ3n) is 3.33. The fourth-order valence-corrected chi connectivity index (χ4v) is 3.29.